The van der Waals surface area contributed by atoms with E-state index in [-0.39, 0.29) is 27.8 Å². The second-order valence-electron chi connectivity index (χ2n) is 6.62. The molecule has 0 radical (unpaired) electrons. The molecule has 0 aliphatic heterocycles. The Morgan fingerprint density at radius 1 is 0.939 bits per heavy atom. The molecular weight excluding hydrogens is 472 g/mol. The van der Waals surface area contributed by atoms with Gasteiger partial charge in [0.25, 0.3) is 23.1 Å². The van der Waals surface area contributed by atoms with Crippen LogP contribution in [0.25, 0.3) is 0 Å². The van der Waals surface area contributed by atoms with Crippen molar-refractivity contribution in [3.63, 3.8) is 0 Å². The normalized spacial score (nSPS) is 12.0. The largest absolute Gasteiger partial charge is 0.306 e. The third-order valence-electron chi connectivity index (χ3n) is 4.12. The summed E-state index contributed by atoms with van der Waals surface area (Å²) in [6, 6.07) is 12.3. The number of hydrogen-bond acceptors (Lipinski definition) is 7. The quantitative estimate of drug-likeness (QED) is 0.307. The van der Waals surface area contributed by atoms with Crippen molar-refractivity contribution >= 4 is 50.6 Å². The molecule has 12 nitrogen and oxygen atoms in total. The smallest absolute Gasteiger partial charge is 0.259 e. The summed E-state index contributed by atoms with van der Waals surface area (Å²) in [5, 5.41) is 10.1. The molecule has 2 aromatic carbocycles. The molecule has 0 spiro atoms. The molecule has 0 saturated heterocycles. The number of benzene rings is 2. The number of rotatable bonds is 7. The van der Waals surface area contributed by atoms with Crippen LogP contribution in [0.15, 0.2) is 59.5 Å². The van der Waals surface area contributed by atoms with Crippen molar-refractivity contribution < 1.29 is 26.8 Å². The van der Waals surface area contributed by atoms with Crippen LogP contribution in [0.5, 0.6) is 0 Å². The second-order valence-corrected chi connectivity index (χ2v) is 8.89. The minimum atomic E-state index is -3.88. The van der Waals surface area contributed by atoms with Crippen molar-refractivity contribution in [2.75, 3.05) is 15.4 Å². The van der Waals surface area contributed by atoms with Gasteiger partial charge in [-0.25, -0.2) is 22.7 Å². The standard InChI is InChI=1S/C19H18N6O6S2/c1-11-10-16(22-17(26)12-2-6-14(7-3-12)25-32(28)29)23-19(21-11)24-18(27)13-4-8-15(9-5-13)33(20,30)31/h2-10,25H,1H3,(H,28,29)(H2,20,30,31)(H2,21,22,23,24,26,27). The van der Waals surface area contributed by atoms with E-state index >= 15 is 0 Å². The third-order valence-corrected chi connectivity index (χ3v) is 5.46. The molecule has 172 valence electrons. The fourth-order valence-corrected chi connectivity index (χ4v) is 3.49. The molecule has 1 unspecified atom stereocenters. The van der Waals surface area contributed by atoms with Crippen LogP contribution < -0.4 is 20.5 Å². The highest BCUT2D eigenvalue weighted by molar-refractivity contribution is 7.89. The summed E-state index contributed by atoms with van der Waals surface area (Å²) in [7, 11) is -3.88. The predicted molar refractivity (Wildman–Crippen MR) is 121 cm³/mol. The summed E-state index contributed by atoms with van der Waals surface area (Å²) in [4.78, 5) is 33.0. The number of hydrogen-bond donors (Lipinski definition) is 5. The highest BCUT2D eigenvalue weighted by Gasteiger charge is 2.14. The van der Waals surface area contributed by atoms with E-state index in [1.165, 1.54) is 54.6 Å². The average Bonchev–Trinajstić information content (AvgIpc) is 2.73. The third kappa shape index (κ3) is 6.63. The first kappa shape index (κ1) is 23.9. The van der Waals surface area contributed by atoms with Crippen LogP contribution in [0.3, 0.4) is 0 Å². The number of nitrogens with one attached hydrogen (secondary N) is 3. The maximum absolute atomic E-state index is 12.5. The lowest BCUT2D eigenvalue weighted by Gasteiger charge is -2.09. The summed E-state index contributed by atoms with van der Waals surface area (Å²) >= 11 is -2.23. The second kappa shape index (κ2) is 9.83. The molecule has 0 aliphatic carbocycles. The van der Waals surface area contributed by atoms with E-state index in [1.807, 2.05) is 0 Å². The molecule has 2 amide bonds. The highest BCUT2D eigenvalue weighted by atomic mass is 32.2. The van der Waals surface area contributed by atoms with Crippen molar-refractivity contribution in [2.45, 2.75) is 11.8 Å². The Bertz CT molecular complexity index is 1330. The van der Waals surface area contributed by atoms with E-state index in [0.29, 0.717) is 11.4 Å². The molecule has 14 heteroatoms. The molecule has 3 rings (SSSR count). The molecule has 33 heavy (non-hydrogen) atoms. The number of sulfonamides is 1. The Hall–Kier alpha value is -3.72. The van der Waals surface area contributed by atoms with Gasteiger partial charge in [0.2, 0.25) is 16.0 Å². The maximum Gasteiger partial charge on any atom is 0.259 e. The zero-order chi connectivity index (χ0) is 24.2. The topological polar surface area (TPSA) is 193 Å². The van der Waals surface area contributed by atoms with Gasteiger partial charge in [-0.3, -0.25) is 24.2 Å². The first-order valence-corrected chi connectivity index (χ1v) is 11.8. The van der Waals surface area contributed by atoms with Crippen molar-refractivity contribution in [2.24, 2.45) is 5.14 Å². The maximum atomic E-state index is 12.5. The van der Waals surface area contributed by atoms with Crippen LogP contribution in [0.1, 0.15) is 26.4 Å². The zero-order valence-electron chi connectivity index (χ0n) is 17.0. The lowest BCUT2D eigenvalue weighted by molar-refractivity contribution is 0.101. The van der Waals surface area contributed by atoms with Crippen LogP contribution in [0.2, 0.25) is 0 Å². The molecule has 3 aromatic rings. The Labute approximate surface area is 191 Å². The number of aromatic nitrogens is 2. The lowest BCUT2D eigenvalue weighted by atomic mass is 10.2. The van der Waals surface area contributed by atoms with E-state index in [9.17, 15) is 22.2 Å². The van der Waals surface area contributed by atoms with Crippen molar-refractivity contribution in [1.29, 1.82) is 0 Å². The monoisotopic (exact) mass is 490 g/mol. The minimum absolute atomic E-state index is 0.0733. The van der Waals surface area contributed by atoms with Gasteiger partial charge in [0.1, 0.15) is 5.82 Å². The minimum Gasteiger partial charge on any atom is -0.306 e. The highest BCUT2D eigenvalue weighted by Crippen LogP contribution is 2.15. The lowest BCUT2D eigenvalue weighted by Crippen LogP contribution is -2.18. The fourth-order valence-electron chi connectivity index (χ4n) is 2.64. The SMILES string of the molecule is Cc1cc(NC(=O)c2ccc(NS(=O)O)cc2)nc(NC(=O)c2ccc(S(N)(=O)=O)cc2)n1. The van der Waals surface area contributed by atoms with E-state index in [4.69, 9.17) is 9.69 Å². The molecule has 0 aliphatic rings. The van der Waals surface area contributed by atoms with Crippen LogP contribution in [-0.4, -0.2) is 39.0 Å². The Morgan fingerprint density at radius 2 is 1.48 bits per heavy atom. The Balaban J connectivity index is 1.72. The molecule has 0 bridgehead atoms. The number of nitrogens with two attached hydrogens (primary N) is 1. The zero-order valence-corrected chi connectivity index (χ0v) is 18.6. The van der Waals surface area contributed by atoms with Gasteiger partial charge in [0, 0.05) is 28.6 Å². The first-order valence-electron chi connectivity index (χ1n) is 9.10. The van der Waals surface area contributed by atoms with E-state index in [2.05, 4.69) is 25.3 Å². The first-order chi connectivity index (χ1) is 15.5. The Morgan fingerprint density at radius 3 is 2.03 bits per heavy atom. The molecule has 0 saturated carbocycles. The molecule has 1 aromatic heterocycles. The predicted octanol–water partition coefficient (Wildman–Crippen LogP) is 1.49. The van der Waals surface area contributed by atoms with Gasteiger partial charge in [0.15, 0.2) is 0 Å². The van der Waals surface area contributed by atoms with Gasteiger partial charge in [-0.15, -0.1) is 0 Å². The summed E-state index contributed by atoms with van der Waals surface area (Å²) in [5.74, 6) is -1.04. The van der Waals surface area contributed by atoms with E-state index in [0.717, 1.165) is 0 Å². The van der Waals surface area contributed by atoms with Gasteiger partial charge in [-0.2, -0.15) is 4.98 Å². The average molecular weight is 491 g/mol. The van der Waals surface area contributed by atoms with Crippen molar-refractivity contribution in [3.05, 3.63) is 71.4 Å². The number of carbonyl (C=O) groups is 2. The number of amides is 2. The number of nitrogens with zero attached hydrogens (tertiary/aromatic N) is 2. The summed E-state index contributed by atoms with van der Waals surface area (Å²) in [5.41, 5.74) is 1.23. The van der Waals surface area contributed by atoms with Crippen molar-refractivity contribution in [1.82, 2.24) is 9.97 Å². The number of anilines is 3. The van der Waals surface area contributed by atoms with Gasteiger partial charge in [-0.05, 0) is 55.5 Å². The molecule has 6 N–H and O–H groups in total. The van der Waals surface area contributed by atoms with Crippen molar-refractivity contribution in [3.8, 4) is 0 Å². The number of aryl methyl sites for hydroxylation is 1. The van der Waals surface area contributed by atoms with Crippen LogP contribution in [-0.2, 0) is 21.3 Å². The number of primary sulfonamides is 1. The summed E-state index contributed by atoms with van der Waals surface area (Å²) < 4.78 is 44.5. The van der Waals surface area contributed by atoms with Gasteiger partial charge in [0.05, 0.1) is 4.90 Å². The number of carbonyl (C=O) groups excluding carboxylic acids is 2. The Kier molecular flexibility index (Phi) is 7.13. The van der Waals surface area contributed by atoms with E-state index in [1.54, 1.807) is 6.92 Å². The van der Waals surface area contributed by atoms with Crippen LogP contribution in [0.4, 0.5) is 17.5 Å². The fraction of sp³-hybridized carbons (Fsp3) is 0.0526. The molecular formula is C19H18N6O6S2. The van der Waals surface area contributed by atoms with Gasteiger partial charge < -0.3 is 5.32 Å². The molecule has 0 fully saturated rings. The molecule has 1 atom stereocenters. The van der Waals surface area contributed by atoms with Gasteiger partial charge >= 0.3 is 0 Å². The van der Waals surface area contributed by atoms with Crippen LogP contribution in [0, 0.1) is 6.92 Å². The van der Waals surface area contributed by atoms with E-state index < -0.39 is 33.1 Å². The van der Waals surface area contributed by atoms with Crippen LogP contribution >= 0.6 is 0 Å². The summed E-state index contributed by atoms with van der Waals surface area (Å²) in [6.45, 7) is 1.64. The van der Waals surface area contributed by atoms with Gasteiger partial charge in [-0.1, -0.05) is 0 Å². The molecule has 1 heterocycles. The summed E-state index contributed by atoms with van der Waals surface area (Å²) in [6.07, 6.45) is 0.